The summed E-state index contributed by atoms with van der Waals surface area (Å²) in [5.74, 6) is -0.736. The minimum atomic E-state index is -1.14. The number of nitrogens with one attached hydrogen (secondary N) is 1. The molecule has 1 amide bonds. The van der Waals surface area contributed by atoms with Crippen LogP contribution in [0.4, 0.5) is 4.39 Å². The fraction of sp³-hybridized carbons (Fsp3) is 0.267. The van der Waals surface area contributed by atoms with Gasteiger partial charge in [-0.3, -0.25) is 10.3 Å². The normalized spacial score (nSPS) is 21.2. The van der Waals surface area contributed by atoms with Crippen LogP contribution in [0.25, 0.3) is 5.69 Å². The van der Waals surface area contributed by atoms with Crippen LogP contribution in [-0.4, -0.2) is 40.3 Å². The van der Waals surface area contributed by atoms with Gasteiger partial charge in [0.1, 0.15) is 24.2 Å². The number of carbonyl (C=O) groups excluding carboxylic acids is 1. The van der Waals surface area contributed by atoms with Crippen LogP contribution in [-0.2, 0) is 17.1 Å². The number of carbonyl (C=O) groups is 1. The van der Waals surface area contributed by atoms with Gasteiger partial charge in [-0.15, -0.1) is 12.4 Å². The second-order valence-electron chi connectivity index (χ2n) is 5.70. The Kier molecular flexibility index (Phi) is 4.23. The first-order valence-corrected chi connectivity index (χ1v) is 7.35. The summed E-state index contributed by atoms with van der Waals surface area (Å²) in [5.41, 5.74) is 9.34. The molecular formula is C15H16ClFN6O2. The Balaban J connectivity index is 0.00000182. The quantitative estimate of drug-likeness (QED) is 0.815. The number of hydroxylamine groups is 1. The summed E-state index contributed by atoms with van der Waals surface area (Å²) in [4.78, 5) is 28.2. The lowest BCUT2D eigenvalue weighted by Gasteiger charge is -2.23. The van der Waals surface area contributed by atoms with E-state index in [4.69, 9.17) is 10.6 Å². The standard InChI is InChI=1S/C15H15FN6O2.ClH/c1-21-5-12-13(15(6-17)19-7-20-24-15)18-8-22(12)11-3-2-9(16)4-10(11)14(21)23;/h2-4,7-8H,5-6,17H2,1H3,(H,19,20);1H. The highest BCUT2D eigenvalue weighted by Crippen LogP contribution is 2.33. The van der Waals surface area contributed by atoms with Crippen molar-refractivity contribution in [2.24, 2.45) is 10.7 Å². The van der Waals surface area contributed by atoms with E-state index in [0.717, 1.165) is 0 Å². The number of imidazole rings is 1. The molecule has 2 aromatic rings. The number of aromatic nitrogens is 2. The fourth-order valence-corrected chi connectivity index (χ4v) is 3.03. The first-order chi connectivity index (χ1) is 11.6. The number of halogens is 2. The maximum Gasteiger partial charge on any atom is 0.256 e. The zero-order valence-electron chi connectivity index (χ0n) is 13.3. The van der Waals surface area contributed by atoms with Crippen molar-refractivity contribution >= 4 is 24.7 Å². The maximum atomic E-state index is 13.6. The van der Waals surface area contributed by atoms with Gasteiger partial charge in [-0.25, -0.2) is 19.2 Å². The van der Waals surface area contributed by atoms with Gasteiger partial charge in [-0.05, 0) is 18.2 Å². The molecule has 10 heteroatoms. The van der Waals surface area contributed by atoms with Crippen molar-refractivity contribution in [2.45, 2.75) is 12.3 Å². The highest BCUT2D eigenvalue weighted by molar-refractivity contribution is 5.98. The van der Waals surface area contributed by atoms with Gasteiger partial charge >= 0.3 is 0 Å². The molecular weight excluding hydrogens is 351 g/mol. The predicted molar refractivity (Wildman–Crippen MR) is 90.0 cm³/mol. The van der Waals surface area contributed by atoms with Gasteiger partial charge < -0.3 is 15.2 Å². The van der Waals surface area contributed by atoms with Gasteiger partial charge in [0.25, 0.3) is 5.91 Å². The average molecular weight is 367 g/mol. The van der Waals surface area contributed by atoms with Crippen molar-refractivity contribution in [3.05, 3.63) is 47.3 Å². The van der Waals surface area contributed by atoms with Gasteiger partial charge in [0.15, 0.2) is 0 Å². The molecule has 8 nitrogen and oxygen atoms in total. The zero-order chi connectivity index (χ0) is 16.9. The molecule has 0 saturated carbocycles. The number of amides is 1. The van der Waals surface area contributed by atoms with Crippen LogP contribution in [0.1, 0.15) is 21.7 Å². The van der Waals surface area contributed by atoms with Crippen molar-refractivity contribution in [3.8, 4) is 5.69 Å². The molecule has 1 unspecified atom stereocenters. The number of benzene rings is 1. The molecule has 0 fully saturated rings. The van der Waals surface area contributed by atoms with Crippen molar-refractivity contribution in [1.29, 1.82) is 0 Å². The maximum absolute atomic E-state index is 13.6. The lowest BCUT2D eigenvalue weighted by Crippen LogP contribution is -2.37. The number of nitrogens with two attached hydrogens (primary N) is 1. The van der Waals surface area contributed by atoms with Gasteiger partial charge in [0, 0.05) is 7.05 Å². The second-order valence-corrected chi connectivity index (χ2v) is 5.70. The topological polar surface area (TPSA) is 97.8 Å². The largest absolute Gasteiger partial charge is 0.336 e. The molecule has 0 saturated heterocycles. The molecule has 1 aromatic carbocycles. The molecule has 25 heavy (non-hydrogen) atoms. The highest BCUT2D eigenvalue weighted by atomic mass is 35.5. The van der Waals surface area contributed by atoms with Crippen LogP contribution in [0.5, 0.6) is 0 Å². The van der Waals surface area contributed by atoms with Crippen molar-refractivity contribution in [3.63, 3.8) is 0 Å². The van der Waals surface area contributed by atoms with Crippen molar-refractivity contribution in [1.82, 2.24) is 19.9 Å². The Hall–Kier alpha value is -2.49. The first kappa shape index (κ1) is 17.3. The molecule has 2 aliphatic rings. The van der Waals surface area contributed by atoms with E-state index in [2.05, 4.69) is 15.5 Å². The van der Waals surface area contributed by atoms with E-state index in [1.165, 1.54) is 23.4 Å². The number of hydrogen-bond donors (Lipinski definition) is 2. The first-order valence-electron chi connectivity index (χ1n) is 7.35. The third-order valence-electron chi connectivity index (χ3n) is 4.25. The van der Waals surface area contributed by atoms with Crippen LogP contribution < -0.4 is 11.2 Å². The Morgan fingerprint density at radius 2 is 2.28 bits per heavy atom. The molecule has 0 aliphatic carbocycles. The van der Waals surface area contributed by atoms with E-state index in [1.807, 2.05) is 0 Å². The highest BCUT2D eigenvalue weighted by Gasteiger charge is 2.41. The lowest BCUT2D eigenvalue weighted by molar-refractivity contribution is -0.0551. The van der Waals surface area contributed by atoms with E-state index in [9.17, 15) is 9.18 Å². The molecule has 0 bridgehead atoms. The third-order valence-corrected chi connectivity index (χ3v) is 4.25. The number of aliphatic imine (C=N–C) groups is 1. The number of rotatable bonds is 2. The average Bonchev–Trinajstić information content (AvgIpc) is 3.19. The van der Waals surface area contributed by atoms with Crippen LogP contribution in [0.2, 0.25) is 0 Å². The van der Waals surface area contributed by atoms with Crippen LogP contribution >= 0.6 is 12.4 Å². The molecule has 1 aromatic heterocycles. The fourth-order valence-electron chi connectivity index (χ4n) is 3.03. The Labute approximate surface area is 148 Å². The lowest BCUT2D eigenvalue weighted by atomic mass is 10.1. The summed E-state index contributed by atoms with van der Waals surface area (Å²) in [6.07, 6.45) is 2.98. The molecule has 2 aliphatic heterocycles. The molecule has 3 heterocycles. The second kappa shape index (κ2) is 6.10. The van der Waals surface area contributed by atoms with Crippen LogP contribution in [0.15, 0.2) is 29.5 Å². The summed E-state index contributed by atoms with van der Waals surface area (Å²) in [6.45, 7) is 0.347. The van der Waals surface area contributed by atoms with Crippen molar-refractivity contribution < 1.29 is 14.0 Å². The monoisotopic (exact) mass is 366 g/mol. The number of fused-ring (bicyclic) bond motifs is 3. The van der Waals surface area contributed by atoms with Gasteiger partial charge in [0.05, 0.1) is 30.0 Å². The number of nitrogens with zero attached hydrogens (tertiary/aromatic N) is 4. The minimum Gasteiger partial charge on any atom is -0.336 e. The summed E-state index contributed by atoms with van der Waals surface area (Å²) in [5, 5.41) is 0. The summed E-state index contributed by atoms with van der Waals surface area (Å²) >= 11 is 0. The van der Waals surface area contributed by atoms with Gasteiger partial charge in [-0.2, -0.15) is 0 Å². The molecule has 3 N–H and O–H groups in total. The van der Waals surface area contributed by atoms with Crippen LogP contribution in [0.3, 0.4) is 0 Å². The van der Waals surface area contributed by atoms with E-state index in [0.29, 0.717) is 17.1 Å². The molecule has 1 atom stereocenters. The SMILES string of the molecule is CN1Cc2c(C3(CN)N=CNO3)ncn2-c2ccc(F)cc2C1=O.Cl. The smallest absolute Gasteiger partial charge is 0.256 e. The molecule has 132 valence electrons. The van der Waals surface area contributed by atoms with Crippen LogP contribution in [0, 0.1) is 5.82 Å². The van der Waals surface area contributed by atoms with E-state index >= 15 is 0 Å². The molecule has 0 spiro atoms. The Morgan fingerprint density at radius 3 is 2.96 bits per heavy atom. The minimum absolute atomic E-state index is 0. The Bertz CT molecular complexity index is 870. The van der Waals surface area contributed by atoms with Crippen molar-refractivity contribution in [2.75, 3.05) is 13.6 Å². The van der Waals surface area contributed by atoms with Gasteiger partial charge in [-0.1, -0.05) is 0 Å². The predicted octanol–water partition coefficient (Wildman–Crippen LogP) is 0.693. The van der Waals surface area contributed by atoms with E-state index < -0.39 is 11.5 Å². The summed E-state index contributed by atoms with van der Waals surface area (Å²) in [7, 11) is 1.65. The molecule has 4 rings (SSSR count). The van der Waals surface area contributed by atoms with E-state index in [-0.39, 0.29) is 37.0 Å². The van der Waals surface area contributed by atoms with Gasteiger partial charge in [0.2, 0.25) is 5.72 Å². The summed E-state index contributed by atoms with van der Waals surface area (Å²) < 4.78 is 15.4. The Morgan fingerprint density at radius 1 is 1.48 bits per heavy atom. The summed E-state index contributed by atoms with van der Waals surface area (Å²) in [6, 6.07) is 4.10. The zero-order valence-corrected chi connectivity index (χ0v) is 14.1. The molecule has 0 radical (unpaired) electrons. The van der Waals surface area contributed by atoms with E-state index in [1.54, 1.807) is 24.0 Å². The number of hydrogen-bond acceptors (Lipinski definition) is 6. The third kappa shape index (κ3) is 2.48.